The average Bonchev–Trinajstić information content (AvgIpc) is 2.77. The first-order chi connectivity index (χ1) is 15.6. The van der Waals surface area contributed by atoms with Gasteiger partial charge < -0.3 is 37.0 Å². The Morgan fingerprint density at radius 2 is 1.67 bits per heavy atom. The lowest BCUT2D eigenvalue weighted by Crippen LogP contribution is -2.53. The fourth-order valence-corrected chi connectivity index (χ4v) is 3.49. The summed E-state index contributed by atoms with van der Waals surface area (Å²) in [5.74, 6) is -3.82. The normalized spacial score (nSPS) is 20.7. The van der Waals surface area contributed by atoms with Crippen molar-refractivity contribution in [2.24, 2.45) is 5.73 Å². The van der Waals surface area contributed by atoms with Gasteiger partial charge in [-0.15, -0.1) is 0 Å². The molecule has 2 aromatic carbocycles. The number of carbonyl (C=O) groups excluding carboxylic acids is 3. The van der Waals surface area contributed by atoms with Crippen LogP contribution < -0.4 is 21.7 Å². The minimum atomic E-state index is -1.31. The van der Waals surface area contributed by atoms with E-state index in [1.807, 2.05) is 0 Å². The van der Waals surface area contributed by atoms with Crippen molar-refractivity contribution < 1.29 is 34.5 Å². The molecule has 0 aromatic heterocycles. The van der Waals surface area contributed by atoms with Gasteiger partial charge in [-0.2, -0.15) is 0 Å². The largest absolute Gasteiger partial charge is 0.507 e. The third-order valence-corrected chi connectivity index (χ3v) is 5.26. The van der Waals surface area contributed by atoms with E-state index in [1.165, 1.54) is 43.3 Å². The summed E-state index contributed by atoms with van der Waals surface area (Å²) in [6, 6.07) is 4.75. The van der Waals surface area contributed by atoms with Gasteiger partial charge in [0.15, 0.2) is 0 Å². The van der Waals surface area contributed by atoms with Crippen LogP contribution in [0.3, 0.4) is 0 Å². The molecule has 0 saturated heterocycles. The highest BCUT2D eigenvalue weighted by molar-refractivity contribution is 5.94. The Kier molecular flexibility index (Phi) is 6.83. The molecule has 11 heteroatoms. The summed E-state index contributed by atoms with van der Waals surface area (Å²) in [6.45, 7) is 0.981. The van der Waals surface area contributed by atoms with Crippen LogP contribution in [-0.2, 0) is 25.6 Å². The molecule has 0 saturated carbocycles. The Labute approximate surface area is 188 Å². The molecular weight excluding hydrogens is 432 g/mol. The number of amides is 3. The molecule has 1 aliphatic rings. The molecule has 8 N–H and O–H groups in total. The lowest BCUT2D eigenvalue weighted by Gasteiger charge is -2.24. The molecule has 0 fully saturated rings. The second-order valence-electron chi connectivity index (χ2n) is 7.67. The number of aliphatic carboxylic acids is 1. The zero-order valence-corrected chi connectivity index (χ0v) is 17.7. The quantitative estimate of drug-likeness (QED) is 0.322. The van der Waals surface area contributed by atoms with Crippen LogP contribution in [0.5, 0.6) is 11.5 Å². The topological polar surface area (TPSA) is 191 Å². The molecule has 174 valence electrons. The molecule has 3 atom stereocenters. The highest BCUT2D eigenvalue weighted by atomic mass is 16.4. The molecule has 4 bridgehead atoms. The number of phenols is 2. The molecule has 0 radical (unpaired) electrons. The smallest absolute Gasteiger partial charge is 0.326 e. The van der Waals surface area contributed by atoms with Gasteiger partial charge >= 0.3 is 5.97 Å². The Morgan fingerprint density at radius 1 is 1.03 bits per heavy atom. The van der Waals surface area contributed by atoms with Crippen molar-refractivity contribution in [2.45, 2.75) is 31.5 Å². The van der Waals surface area contributed by atoms with Gasteiger partial charge in [0, 0.05) is 17.5 Å². The van der Waals surface area contributed by atoms with E-state index in [0.717, 1.165) is 0 Å². The predicted molar refractivity (Wildman–Crippen MR) is 116 cm³/mol. The van der Waals surface area contributed by atoms with Crippen molar-refractivity contribution in [3.05, 3.63) is 47.5 Å². The van der Waals surface area contributed by atoms with Gasteiger partial charge in [-0.25, -0.2) is 4.79 Å². The summed E-state index contributed by atoms with van der Waals surface area (Å²) < 4.78 is 0. The van der Waals surface area contributed by atoms with Gasteiger partial charge in [0.1, 0.15) is 29.6 Å². The fraction of sp³-hybridized carbons (Fsp3) is 0.273. The lowest BCUT2D eigenvalue weighted by atomic mass is 9.94. The van der Waals surface area contributed by atoms with Gasteiger partial charge in [-0.1, -0.05) is 12.1 Å². The molecule has 1 heterocycles. The Balaban J connectivity index is 2.20. The molecule has 3 amide bonds. The number of benzene rings is 2. The van der Waals surface area contributed by atoms with E-state index < -0.39 is 48.4 Å². The second kappa shape index (κ2) is 9.57. The molecular formula is C22H24N4O7. The number of hydrogen-bond donors (Lipinski definition) is 7. The van der Waals surface area contributed by atoms with Crippen LogP contribution in [0.25, 0.3) is 11.1 Å². The highest BCUT2D eigenvalue weighted by Crippen LogP contribution is 2.38. The first-order valence-corrected chi connectivity index (χ1v) is 10.1. The maximum Gasteiger partial charge on any atom is 0.326 e. The first-order valence-electron chi connectivity index (χ1n) is 10.1. The third-order valence-electron chi connectivity index (χ3n) is 5.26. The van der Waals surface area contributed by atoms with E-state index >= 15 is 0 Å². The van der Waals surface area contributed by atoms with Crippen molar-refractivity contribution in [3.8, 4) is 22.6 Å². The van der Waals surface area contributed by atoms with Crippen LogP contribution >= 0.6 is 0 Å². The highest BCUT2D eigenvalue weighted by Gasteiger charge is 2.29. The number of rotatable bonds is 3. The number of carboxylic acids is 1. The fourth-order valence-electron chi connectivity index (χ4n) is 3.49. The number of hydrogen-bond acceptors (Lipinski definition) is 7. The first kappa shape index (κ1) is 23.5. The number of fused-ring (bicyclic) bond motifs is 5. The Hall–Kier alpha value is -4.12. The van der Waals surface area contributed by atoms with E-state index in [-0.39, 0.29) is 34.6 Å². The standard InChI is InChI=1S/C22H24N4O7/c1-10-20(30)25-15(22(32)33)7-11-2-4-16(27)13(6-11)14-8-12(3-5-17(14)28)19(21(31)24-10)26-18(29)9-23/h2-6,8,10,15,19,27-28H,7,9,23H2,1H3,(H,24,31)(H,25,30)(H,26,29)(H,32,33)/t10-,15-,19-/m0/s1. The molecule has 11 nitrogen and oxygen atoms in total. The zero-order chi connectivity index (χ0) is 24.3. The van der Waals surface area contributed by atoms with E-state index in [9.17, 15) is 34.5 Å². The van der Waals surface area contributed by atoms with Crippen molar-refractivity contribution in [1.82, 2.24) is 16.0 Å². The van der Waals surface area contributed by atoms with Crippen LogP contribution in [0.4, 0.5) is 0 Å². The summed E-state index contributed by atoms with van der Waals surface area (Å²) in [4.78, 5) is 49.2. The maximum atomic E-state index is 13.0. The van der Waals surface area contributed by atoms with E-state index in [4.69, 9.17) is 5.73 Å². The minimum absolute atomic E-state index is 0.106. The summed E-state index contributed by atoms with van der Waals surface area (Å²) in [6.07, 6.45) is -0.106. The lowest BCUT2D eigenvalue weighted by molar-refractivity contribution is -0.142. The van der Waals surface area contributed by atoms with Crippen LogP contribution in [0, 0.1) is 0 Å². The van der Waals surface area contributed by atoms with Gasteiger partial charge in [-0.05, 0) is 42.3 Å². The molecule has 2 aromatic rings. The summed E-state index contributed by atoms with van der Waals surface area (Å²) >= 11 is 0. The van der Waals surface area contributed by atoms with E-state index in [2.05, 4.69) is 16.0 Å². The summed E-state index contributed by atoms with van der Waals surface area (Å²) in [7, 11) is 0. The molecule has 0 aliphatic carbocycles. The van der Waals surface area contributed by atoms with Crippen LogP contribution in [0.1, 0.15) is 24.1 Å². The van der Waals surface area contributed by atoms with Crippen LogP contribution in [0.2, 0.25) is 0 Å². The van der Waals surface area contributed by atoms with Gasteiger partial charge in [-0.3, -0.25) is 14.4 Å². The average molecular weight is 456 g/mol. The number of carboxylic acid groups (broad SMARTS) is 1. The van der Waals surface area contributed by atoms with Gasteiger partial charge in [0.05, 0.1) is 6.54 Å². The number of carbonyl (C=O) groups is 4. The maximum absolute atomic E-state index is 13.0. The monoisotopic (exact) mass is 456 g/mol. The number of nitrogens with one attached hydrogen (secondary N) is 3. The van der Waals surface area contributed by atoms with Crippen molar-refractivity contribution in [1.29, 1.82) is 0 Å². The minimum Gasteiger partial charge on any atom is -0.507 e. The van der Waals surface area contributed by atoms with Crippen molar-refractivity contribution in [2.75, 3.05) is 6.54 Å². The summed E-state index contributed by atoms with van der Waals surface area (Å²) in [5.41, 5.74) is 6.44. The predicted octanol–water partition coefficient (Wildman–Crippen LogP) is -0.489. The van der Waals surface area contributed by atoms with Crippen LogP contribution in [0.15, 0.2) is 36.4 Å². The van der Waals surface area contributed by atoms with Gasteiger partial charge in [0.25, 0.3) is 0 Å². The second-order valence-corrected chi connectivity index (χ2v) is 7.67. The van der Waals surface area contributed by atoms with Gasteiger partial charge in [0.2, 0.25) is 17.7 Å². The van der Waals surface area contributed by atoms with E-state index in [1.54, 1.807) is 0 Å². The number of phenolic OH excluding ortho intramolecular Hbond substituents is 2. The zero-order valence-electron chi connectivity index (χ0n) is 17.7. The Bertz CT molecular complexity index is 1120. The van der Waals surface area contributed by atoms with Crippen molar-refractivity contribution in [3.63, 3.8) is 0 Å². The molecule has 33 heavy (non-hydrogen) atoms. The molecule has 0 unspecified atom stereocenters. The van der Waals surface area contributed by atoms with E-state index in [0.29, 0.717) is 5.56 Å². The number of aromatic hydroxyl groups is 2. The van der Waals surface area contributed by atoms with Crippen molar-refractivity contribution >= 4 is 23.7 Å². The Morgan fingerprint density at radius 3 is 2.30 bits per heavy atom. The molecule has 1 aliphatic heterocycles. The number of nitrogens with two attached hydrogens (primary N) is 1. The molecule has 3 rings (SSSR count). The summed E-state index contributed by atoms with van der Waals surface area (Å²) in [5, 5.41) is 37.7. The molecule has 0 spiro atoms. The third kappa shape index (κ3) is 5.21. The SMILES string of the molecule is C[C@@H]1NC(=O)[C@@H](NC(=O)CN)c2ccc(O)c(c2)-c2cc(ccc2O)C[C@@H](C(=O)O)NC1=O. The van der Waals surface area contributed by atoms with Crippen LogP contribution in [-0.4, -0.2) is 57.6 Å².